The number of hydrogen-bond donors (Lipinski definition) is 1. The predicted molar refractivity (Wildman–Crippen MR) is 55.5 cm³/mol. The maximum Gasteiger partial charge on any atom is 0.0653 e. The fourth-order valence-electron chi connectivity index (χ4n) is 1.99. The van der Waals surface area contributed by atoms with Gasteiger partial charge in [0.15, 0.2) is 0 Å². The van der Waals surface area contributed by atoms with Crippen LogP contribution >= 0.6 is 0 Å². The molecule has 0 aliphatic carbocycles. The molecule has 0 atom stereocenters. The number of ether oxygens (including phenoxy) is 1. The lowest BCUT2D eigenvalue weighted by atomic mass is 9.77. The smallest absolute Gasteiger partial charge is 0.0653 e. The van der Waals surface area contributed by atoms with E-state index in [4.69, 9.17) is 4.74 Å². The van der Waals surface area contributed by atoms with Gasteiger partial charge in [-0.3, -0.25) is 0 Å². The van der Waals surface area contributed by atoms with Gasteiger partial charge in [0.2, 0.25) is 0 Å². The van der Waals surface area contributed by atoms with Crippen molar-refractivity contribution in [1.29, 1.82) is 0 Å². The molecule has 1 saturated heterocycles. The summed E-state index contributed by atoms with van der Waals surface area (Å²) in [5, 5.41) is 9.43. The molecule has 0 bridgehead atoms. The first-order valence-electron chi connectivity index (χ1n) is 4.94. The van der Waals surface area contributed by atoms with Crippen LogP contribution in [0.4, 0.5) is 0 Å². The molecule has 0 saturated carbocycles. The van der Waals surface area contributed by atoms with Crippen molar-refractivity contribution in [3.05, 3.63) is 34.9 Å². The highest BCUT2D eigenvalue weighted by Gasteiger charge is 2.40. The largest absolute Gasteiger partial charge is 0.395 e. The summed E-state index contributed by atoms with van der Waals surface area (Å²) in [7, 11) is 0. The lowest BCUT2D eigenvalue weighted by Crippen LogP contribution is -2.50. The molecule has 1 aromatic carbocycles. The van der Waals surface area contributed by atoms with Crippen LogP contribution in [0.25, 0.3) is 0 Å². The molecule has 1 N–H and O–H groups in total. The van der Waals surface area contributed by atoms with E-state index >= 15 is 0 Å². The van der Waals surface area contributed by atoms with Gasteiger partial charge in [-0.2, -0.15) is 0 Å². The first-order chi connectivity index (χ1) is 6.68. The van der Waals surface area contributed by atoms with Gasteiger partial charge in [-0.05, 0) is 25.0 Å². The Kier molecular flexibility index (Phi) is 2.33. The molecule has 0 radical (unpaired) electrons. The van der Waals surface area contributed by atoms with E-state index in [0.717, 1.165) is 0 Å². The summed E-state index contributed by atoms with van der Waals surface area (Å²) < 4.78 is 5.22. The molecule has 0 spiro atoms. The summed E-state index contributed by atoms with van der Waals surface area (Å²) >= 11 is 0. The Morgan fingerprint density at radius 2 is 2.07 bits per heavy atom. The number of benzene rings is 1. The van der Waals surface area contributed by atoms with Crippen LogP contribution in [0.15, 0.2) is 18.2 Å². The van der Waals surface area contributed by atoms with Crippen LogP contribution in [-0.2, 0) is 10.2 Å². The summed E-state index contributed by atoms with van der Waals surface area (Å²) in [5.41, 5.74) is 3.60. The van der Waals surface area contributed by atoms with E-state index in [-0.39, 0.29) is 12.0 Å². The van der Waals surface area contributed by atoms with E-state index in [1.54, 1.807) is 0 Å². The van der Waals surface area contributed by atoms with Crippen molar-refractivity contribution in [3.63, 3.8) is 0 Å². The molecule has 0 aromatic heterocycles. The second-order valence-corrected chi connectivity index (χ2v) is 4.25. The lowest BCUT2D eigenvalue weighted by molar-refractivity contribution is -0.0844. The van der Waals surface area contributed by atoms with Crippen LogP contribution in [0.5, 0.6) is 0 Å². The van der Waals surface area contributed by atoms with Crippen LogP contribution in [0.1, 0.15) is 16.7 Å². The minimum Gasteiger partial charge on any atom is -0.395 e. The maximum atomic E-state index is 9.43. The molecule has 1 heterocycles. The van der Waals surface area contributed by atoms with Crippen molar-refractivity contribution in [2.45, 2.75) is 19.3 Å². The van der Waals surface area contributed by atoms with Gasteiger partial charge >= 0.3 is 0 Å². The van der Waals surface area contributed by atoms with E-state index < -0.39 is 0 Å². The highest BCUT2D eigenvalue weighted by molar-refractivity contribution is 5.38. The van der Waals surface area contributed by atoms with Gasteiger partial charge in [-0.25, -0.2) is 0 Å². The molecule has 1 fully saturated rings. The van der Waals surface area contributed by atoms with E-state index in [9.17, 15) is 5.11 Å². The van der Waals surface area contributed by atoms with Gasteiger partial charge in [-0.15, -0.1) is 0 Å². The van der Waals surface area contributed by atoms with Crippen LogP contribution in [0.2, 0.25) is 0 Å². The van der Waals surface area contributed by atoms with Crippen molar-refractivity contribution in [2.75, 3.05) is 19.8 Å². The maximum absolute atomic E-state index is 9.43. The molecule has 2 nitrogen and oxygen atoms in total. The summed E-state index contributed by atoms with van der Waals surface area (Å²) in [5.74, 6) is 0. The zero-order chi connectivity index (χ0) is 10.2. The lowest BCUT2D eigenvalue weighted by Gasteiger charge is -2.41. The summed E-state index contributed by atoms with van der Waals surface area (Å²) in [6.07, 6.45) is 0. The average molecular weight is 192 g/mol. The van der Waals surface area contributed by atoms with Crippen molar-refractivity contribution in [1.82, 2.24) is 0 Å². The van der Waals surface area contributed by atoms with E-state index in [0.29, 0.717) is 13.2 Å². The minimum absolute atomic E-state index is 0.129. The topological polar surface area (TPSA) is 29.5 Å². The standard InChI is InChI=1S/C12H16O2/c1-9-3-4-10(2)11(5-9)12(6-13)7-14-8-12/h3-5,13H,6-8H2,1-2H3. The molecule has 1 aromatic rings. The van der Waals surface area contributed by atoms with Crippen LogP contribution < -0.4 is 0 Å². The van der Waals surface area contributed by atoms with Crippen molar-refractivity contribution in [2.24, 2.45) is 0 Å². The third-order valence-electron chi connectivity index (χ3n) is 3.02. The molecule has 0 unspecified atom stereocenters. The normalized spacial score (nSPS) is 19.1. The zero-order valence-electron chi connectivity index (χ0n) is 8.71. The zero-order valence-corrected chi connectivity index (χ0v) is 8.71. The Labute approximate surface area is 84.5 Å². The van der Waals surface area contributed by atoms with E-state index in [1.807, 2.05) is 0 Å². The Balaban J connectivity index is 2.43. The number of hydrogen-bond acceptors (Lipinski definition) is 2. The van der Waals surface area contributed by atoms with Gasteiger partial charge in [0.25, 0.3) is 0 Å². The van der Waals surface area contributed by atoms with Crippen LogP contribution in [0.3, 0.4) is 0 Å². The van der Waals surface area contributed by atoms with Gasteiger partial charge < -0.3 is 9.84 Å². The molecule has 0 amide bonds. The molecule has 2 rings (SSSR count). The third kappa shape index (κ3) is 1.35. The number of rotatable bonds is 2. The van der Waals surface area contributed by atoms with Crippen LogP contribution in [0, 0.1) is 13.8 Å². The highest BCUT2D eigenvalue weighted by Crippen LogP contribution is 2.34. The first-order valence-corrected chi connectivity index (χ1v) is 4.94. The molecule has 76 valence electrons. The average Bonchev–Trinajstić information content (AvgIpc) is 2.10. The Morgan fingerprint density at radius 1 is 1.36 bits per heavy atom. The quantitative estimate of drug-likeness (QED) is 0.770. The molecular formula is C12H16O2. The second-order valence-electron chi connectivity index (χ2n) is 4.25. The monoisotopic (exact) mass is 192 g/mol. The number of aryl methyl sites for hydroxylation is 2. The predicted octanol–water partition coefficient (Wildman–Crippen LogP) is 1.56. The molecule has 1 aliphatic rings. The SMILES string of the molecule is Cc1ccc(C)c(C2(CO)COC2)c1. The van der Waals surface area contributed by atoms with Crippen molar-refractivity contribution < 1.29 is 9.84 Å². The van der Waals surface area contributed by atoms with Gasteiger partial charge in [0.05, 0.1) is 25.2 Å². The van der Waals surface area contributed by atoms with Gasteiger partial charge in [0, 0.05) is 0 Å². The number of aliphatic hydroxyl groups excluding tert-OH is 1. The molecular weight excluding hydrogens is 176 g/mol. The Hall–Kier alpha value is -0.860. The van der Waals surface area contributed by atoms with Gasteiger partial charge in [0.1, 0.15) is 0 Å². The number of aliphatic hydroxyl groups is 1. The minimum atomic E-state index is -0.129. The molecule has 1 aliphatic heterocycles. The van der Waals surface area contributed by atoms with E-state index in [1.165, 1.54) is 16.7 Å². The highest BCUT2D eigenvalue weighted by atomic mass is 16.5. The molecule has 2 heteroatoms. The molecule has 14 heavy (non-hydrogen) atoms. The Morgan fingerprint density at radius 3 is 2.57 bits per heavy atom. The Bertz CT molecular complexity index is 335. The van der Waals surface area contributed by atoms with E-state index in [2.05, 4.69) is 32.0 Å². The van der Waals surface area contributed by atoms with Crippen LogP contribution in [-0.4, -0.2) is 24.9 Å². The second kappa shape index (κ2) is 3.37. The summed E-state index contributed by atoms with van der Waals surface area (Å²) in [4.78, 5) is 0. The van der Waals surface area contributed by atoms with Crippen molar-refractivity contribution >= 4 is 0 Å². The first kappa shape index (κ1) is 9.69. The fourth-order valence-corrected chi connectivity index (χ4v) is 1.99. The third-order valence-corrected chi connectivity index (χ3v) is 3.02. The van der Waals surface area contributed by atoms with Gasteiger partial charge in [-0.1, -0.05) is 23.8 Å². The summed E-state index contributed by atoms with van der Waals surface area (Å²) in [6.45, 7) is 5.64. The summed E-state index contributed by atoms with van der Waals surface area (Å²) in [6, 6.07) is 6.37. The van der Waals surface area contributed by atoms with Crippen molar-refractivity contribution in [3.8, 4) is 0 Å². The fraction of sp³-hybridized carbons (Fsp3) is 0.500.